The molecular weight excluding hydrogens is 440 g/mol. The maximum atomic E-state index is 13.1. The average Bonchev–Trinajstić information content (AvgIpc) is 3.17. The van der Waals surface area contributed by atoms with Crippen LogP contribution in [-0.4, -0.2) is 43.7 Å². The number of carbonyl (C=O) groups is 1. The molecule has 2 aliphatic rings. The number of hydrogen-bond donors (Lipinski definition) is 0. The Hall–Kier alpha value is -1.41. The van der Waals surface area contributed by atoms with E-state index in [1.54, 1.807) is 22.3 Å². The van der Waals surface area contributed by atoms with Crippen LogP contribution in [0.25, 0.3) is 0 Å². The smallest absolute Gasteiger partial charge is 0.243 e. The molecule has 0 unspecified atom stereocenters. The van der Waals surface area contributed by atoms with Crippen molar-refractivity contribution in [1.29, 1.82) is 0 Å². The van der Waals surface area contributed by atoms with Crippen molar-refractivity contribution in [3.63, 3.8) is 0 Å². The van der Waals surface area contributed by atoms with Crippen LogP contribution in [-0.2, 0) is 34.2 Å². The van der Waals surface area contributed by atoms with E-state index in [1.165, 1.54) is 28.9 Å². The molecule has 1 fully saturated rings. The number of hydrogen-bond acceptors (Lipinski definition) is 4. The summed E-state index contributed by atoms with van der Waals surface area (Å²) in [6.45, 7) is 1.30. The standard InChI is InChI=1S/C22H27ClN2O3S2/c1-24(15-19-7-9-21(23)29-19)22(26)17-10-12-25(13-11-17)30(27,28)20-8-6-16-4-2-3-5-18(16)14-20/h6-9,14,17H,2-5,10-13,15H2,1H3. The first kappa shape index (κ1) is 21.8. The summed E-state index contributed by atoms with van der Waals surface area (Å²) in [4.78, 5) is 16.0. The topological polar surface area (TPSA) is 57.7 Å². The molecule has 0 spiro atoms. The molecule has 5 nitrogen and oxygen atoms in total. The maximum Gasteiger partial charge on any atom is 0.243 e. The molecule has 1 aliphatic carbocycles. The number of halogens is 1. The molecule has 1 aromatic heterocycles. The van der Waals surface area contributed by atoms with Crippen LogP contribution < -0.4 is 0 Å². The SMILES string of the molecule is CN(Cc1ccc(Cl)s1)C(=O)C1CCN(S(=O)(=O)c2ccc3c(c2)CCCC3)CC1. The van der Waals surface area contributed by atoms with Crippen LogP contribution in [0.4, 0.5) is 0 Å². The van der Waals surface area contributed by atoms with Gasteiger partial charge in [-0.15, -0.1) is 11.3 Å². The first-order valence-electron chi connectivity index (χ1n) is 10.5. The zero-order chi connectivity index (χ0) is 21.3. The first-order chi connectivity index (χ1) is 14.3. The Morgan fingerprint density at radius 2 is 1.83 bits per heavy atom. The van der Waals surface area contributed by atoms with E-state index in [0.717, 1.165) is 24.1 Å². The van der Waals surface area contributed by atoms with Gasteiger partial charge in [-0.25, -0.2) is 8.42 Å². The van der Waals surface area contributed by atoms with Crippen LogP contribution in [0.2, 0.25) is 4.34 Å². The number of thiophene rings is 1. The highest BCUT2D eigenvalue weighted by atomic mass is 35.5. The van der Waals surface area contributed by atoms with Gasteiger partial charge in [0.15, 0.2) is 0 Å². The number of piperidine rings is 1. The van der Waals surface area contributed by atoms with Crippen LogP contribution in [0.3, 0.4) is 0 Å². The average molecular weight is 467 g/mol. The Bertz CT molecular complexity index is 1030. The van der Waals surface area contributed by atoms with E-state index >= 15 is 0 Å². The third-order valence-corrected chi connectivity index (χ3v) is 9.27. The fraction of sp³-hybridized carbons (Fsp3) is 0.500. The van der Waals surface area contributed by atoms with E-state index in [-0.39, 0.29) is 11.8 Å². The number of sulfonamides is 1. The number of aryl methyl sites for hydroxylation is 2. The molecule has 1 saturated heterocycles. The lowest BCUT2D eigenvalue weighted by molar-refractivity contribution is -0.135. The van der Waals surface area contributed by atoms with Crippen molar-refractivity contribution in [2.75, 3.05) is 20.1 Å². The van der Waals surface area contributed by atoms with Crippen molar-refractivity contribution in [3.05, 3.63) is 50.7 Å². The van der Waals surface area contributed by atoms with Crippen molar-refractivity contribution in [2.45, 2.75) is 50.0 Å². The highest BCUT2D eigenvalue weighted by molar-refractivity contribution is 7.89. The normalized spacial score (nSPS) is 18.2. The third-order valence-electron chi connectivity index (χ3n) is 6.16. The molecule has 1 aliphatic heterocycles. The second kappa shape index (κ2) is 8.99. The number of carbonyl (C=O) groups excluding carboxylic acids is 1. The van der Waals surface area contributed by atoms with E-state index in [1.807, 2.05) is 24.3 Å². The summed E-state index contributed by atoms with van der Waals surface area (Å²) >= 11 is 7.45. The van der Waals surface area contributed by atoms with Gasteiger partial charge in [-0.2, -0.15) is 4.31 Å². The highest BCUT2D eigenvalue weighted by Gasteiger charge is 2.33. The van der Waals surface area contributed by atoms with Crippen molar-refractivity contribution >= 4 is 38.9 Å². The molecule has 0 saturated carbocycles. The largest absolute Gasteiger partial charge is 0.340 e. The first-order valence-corrected chi connectivity index (χ1v) is 13.1. The minimum Gasteiger partial charge on any atom is -0.340 e. The minimum absolute atomic E-state index is 0.0744. The molecule has 0 N–H and O–H groups in total. The summed E-state index contributed by atoms with van der Waals surface area (Å²) in [7, 11) is -1.72. The van der Waals surface area contributed by atoms with E-state index in [9.17, 15) is 13.2 Å². The lowest BCUT2D eigenvalue weighted by Gasteiger charge is -2.32. The van der Waals surface area contributed by atoms with Crippen LogP contribution in [0.1, 0.15) is 41.7 Å². The Morgan fingerprint density at radius 3 is 2.50 bits per heavy atom. The van der Waals surface area contributed by atoms with Gasteiger partial charge in [0, 0.05) is 30.9 Å². The van der Waals surface area contributed by atoms with Gasteiger partial charge >= 0.3 is 0 Å². The summed E-state index contributed by atoms with van der Waals surface area (Å²) in [5, 5.41) is 0. The van der Waals surface area contributed by atoms with Crippen molar-refractivity contribution in [3.8, 4) is 0 Å². The summed E-state index contributed by atoms with van der Waals surface area (Å²) in [5.74, 6) is -0.0641. The van der Waals surface area contributed by atoms with Gasteiger partial charge in [-0.1, -0.05) is 17.7 Å². The van der Waals surface area contributed by atoms with Gasteiger partial charge in [0.05, 0.1) is 15.8 Å². The number of fused-ring (bicyclic) bond motifs is 1. The molecule has 0 radical (unpaired) electrons. The van der Waals surface area contributed by atoms with Crippen molar-refractivity contribution in [1.82, 2.24) is 9.21 Å². The predicted octanol–water partition coefficient (Wildman–Crippen LogP) is 4.34. The number of benzene rings is 1. The Kier molecular flexibility index (Phi) is 6.53. The lowest BCUT2D eigenvalue weighted by atomic mass is 9.92. The van der Waals surface area contributed by atoms with E-state index in [0.29, 0.717) is 41.7 Å². The second-order valence-electron chi connectivity index (χ2n) is 8.22. The van der Waals surface area contributed by atoms with Gasteiger partial charge in [0.2, 0.25) is 15.9 Å². The Balaban J connectivity index is 1.38. The van der Waals surface area contributed by atoms with Crippen molar-refractivity contribution in [2.24, 2.45) is 5.92 Å². The summed E-state index contributed by atoms with van der Waals surface area (Å²) in [6, 6.07) is 9.36. The van der Waals surface area contributed by atoms with Crippen LogP contribution in [0, 0.1) is 5.92 Å². The molecule has 0 atom stereocenters. The van der Waals surface area contributed by atoms with Crippen LogP contribution >= 0.6 is 22.9 Å². The molecule has 8 heteroatoms. The predicted molar refractivity (Wildman–Crippen MR) is 120 cm³/mol. The zero-order valence-corrected chi connectivity index (χ0v) is 19.5. The lowest BCUT2D eigenvalue weighted by Crippen LogP contribution is -2.43. The molecule has 2 aromatic rings. The van der Waals surface area contributed by atoms with E-state index in [2.05, 4.69) is 0 Å². The van der Waals surface area contributed by atoms with Gasteiger partial charge < -0.3 is 4.90 Å². The van der Waals surface area contributed by atoms with Gasteiger partial charge in [0.25, 0.3) is 0 Å². The second-order valence-corrected chi connectivity index (χ2v) is 12.0. The van der Waals surface area contributed by atoms with E-state index < -0.39 is 10.0 Å². The summed E-state index contributed by atoms with van der Waals surface area (Å²) in [6.07, 6.45) is 5.40. The molecule has 1 amide bonds. The monoisotopic (exact) mass is 466 g/mol. The van der Waals surface area contributed by atoms with Gasteiger partial charge in [-0.3, -0.25) is 4.79 Å². The Labute approximate surface area is 187 Å². The number of amides is 1. The fourth-order valence-corrected chi connectivity index (χ4v) is 7.08. The number of nitrogens with zero attached hydrogens (tertiary/aromatic N) is 2. The molecule has 162 valence electrons. The van der Waals surface area contributed by atoms with Crippen LogP contribution in [0.15, 0.2) is 35.2 Å². The third kappa shape index (κ3) is 4.59. The van der Waals surface area contributed by atoms with E-state index in [4.69, 9.17) is 11.6 Å². The maximum absolute atomic E-state index is 13.1. The number of rotatable bonds is 5. The van der Waals surface area contributed by atoms with Gasteiger partial charge in [0.1, 0.15) is 0 Å². The molecule has 30 heavy (non-hydrogen) atoms. The molecule has 1 aromatic carbocycles. The van der Waals surface area contributed by atoms with Gasteiger partial charge in [-0.05, 0) is 73.9 Å². The van der Waals surface area contributed by atoms with Crippen molar-refractivity contribution < 1.29 is 13.2 Å². The van der Waals surface area contributed by atoms with Crippen LogP contribution in [0.5, 0.6) is 0 Å². The molecular formula is C22H27ClN2O3S2. The fourth-order valence-electron chi connectivity index (χ4n) is 4.42. The molecule has 4 rings (SSSR count). The zero-order valence-electron chi connectivity index (χ0n) is 17.1. The quantitative estimate of drug-likeness (QED) is 0.658. The highest BCUT2D eigenvalue weighted by Crippen LogP contribution is 2.29. The molecule has 2 heterocycles. The minimum atomic E-state index is -3.52. The Morgan fingerprint density at radius 1 is 1.13 bits per heavy atom. The summed E-state index contributed by atoms with van der Waals surface area (Å²) < 4.78 is 28.5. The summed E-state index contributed by atoms with van der Waals surface area (Å²) in [5.41, 5.74) is 2.45. The molecule has 0 bridgehead atoms.